The molecule has 4 nitrogen and oxygen atoms in total. The van der Waals surface area contributed by atoms with E-state index in [0.29, 0.717) is 5.92 Å². The van der Waals surface area contributed by atoms with Crippen molar-refractivity contribution in [2.75, 3.05) is 26.8 Å². The first-order valence-corrected chi connectivity index (χ1v) is 9.71. The number of aromatic amines is 1. The van der Waals surface area contributed by atoms with Crippen LogP contribution in [0.4, 0.5) is 0 Å². The zero-order valence-electron chi connectivity index (χ0n) is 15.8. The maximum absolute atomic E-state index is 13.1. The van der Waals surface area contributed by atoms with Crippen molar-refractivity contribution < 1.29 is 9.53 Å². The molecular weight excluding hydrogens is 336 g/mol. The average molecular weight is 362 g/mol. The van der Waals surface area contributed by atoms with Gasteiger partial charge < -0.3 is 14.6 Å². The van der Waals surface area contributed by atoms with Crippen LogP contribution in [0.5, 0.6) is 0 Å². The molecule has 1 aliphatic rings. The Labute approximate surface area is 160 Å². The Morgan fingerprint density at radius 2 is 2.11 bits per heavy atom. The van der Waals surface area contributed by atoms with Crippen LogP contribution in [0.25, 0.3) is 22.0 Å². The lowest BCUT2D eigenvalue weighted by molar-refractivity contribution is 0.0642. The fourth-order valence-electron chi connectivity index (χ4n) is 4.11. The Hall–Kier alpha value is -2.59. The SMILES string of the molecule is COCC[C@H]1CCCN(C(=O)c2cccc(-c3cccc4[nH]ccc34)c2)C1. The van der Waals surface area contributed by atoms with Crippen LogP contribution in [0, 0.1) is 5.92 Å². The van der Waals surface area contributed by atoms with Gasteiger partial charge in [0.2, 0.25) is 0 Å². The van der Waals surface area contributed by atoms with Gasteiger partial charge in [-0.05, 0) is 60.6 Å². The lowest BCUT2D eigenvalue weighted by Gasteiger charge is -2.33. The van der Waals surface area contributed by atoms with E-state index in [1.54, 1.807) is 7.11 Å². The summed E-state index contributed by atoms with van der Waals surface area (Å²) in [6, 6.07) is 16.3. The molecule has 1 aliphatic heterocycles. The van der Waals surface area contributed by atoms with Crippen molar-refractivity contribution in [3.63, 3.8) is 0 Å². The third-order valence-corrected chi connectivity index (χ3v) is 5.55. The summed E-state index contributed by atoms with van der Waals surface area (Å²) in [4.78, 5) is 18.4. The van der Waals surface area contributed by atoms with Crippen molar-refractivity contribution in [1.29, 1.82) is 0 Å². The number of benzene rings is 2. The number of amides is 1. The predicted octanol–water partition coefficient (Wildman–Crippen LogP) is 4.72. The zero-order valence-corrected chi connectivity index (χ0v) is 15.8. The van der Waals surface area contributed by atoms with E-state index in [9.17, 15) is 4.79 Å². The van der Waals surface area contributed by atoms with E-state index in [1.165, 1.54) is 11.8 Å². The van der Waals surface area contributed by atoms with Crippen LogP contribution >= 0.6 is 0 Å². The van der Waals surface area contributed by atoms with Crippen molar-refractivity contribution in [3.8, 4) is 11.1 Å². The molecule has 0 aliphatic carbocycles. The molecule has 0 radical (unpaired) electrons. The second kappa shape index (κ2) is 7.97. The minimum absolute atomic E-state index is 0.139. The number of methoxy groups -OCH3 is 1. The van der Waals surface area contributed by atoms with Crippen molar-refractivity contribution >= 4 is 16.8 Å². The van der Waals surface area contributed by atoms with Crippen LogP contribution in [-0.2, 0) is 4.74 Å². The monoisotopic (exact) mass is 362 g/mol. The number of aromatic nitrogens is 1. The van der Waals surface area contributed by atoms with E-state index in [0.717, 1.165) is 54.7 Å². The molecule has 3 aromatic rings. The largest absolute Gasteiger partial charge is 0.385 e. The number of ether oxygens (including phenoxy) is 1. The third-order valence-electron chi connectivity index (χ3n) is 5.55. The van der Waals surface area contributed by atoms with Gasteiger partial charge in [-0.1, -0.05) is 24.3 Å². The van der Waals surface area contributed by atoms with Crippen LogP contribution in [0.1, 0.15) is 29.6 Å². The summed E-state index contributed by atoms with van der Waals surface area (Å²) in [6.45, 7) is 2.45. The average Bonchev–Trinajstić information content (AvgIpc) is 3.21. The molecule has 2 heterocycles. The summed E-state index contributed by atoms with van der Waals surface area (Å²) in [5.41, 5.74) is 4.12. The van der Waals surface area contributed by atoms with Gasteiger partial charge in [0, 0.05) is 49.5 Å². The number of likely N-dealkylation sites (tertiary alicyclic amines) is 1. The number of carbonyl (C=O) groups is 1. The minimum Gasteiger partial charge on any atom is -0.385 e. The number of fused-ring (bicyclic) bond motifs is 1. The molecule has 1 fully saturated rings. The molecule has 1 amide bonds. The van der Waals surface area contributed by atoms with E-state index < -0.39 is 0 Å². The highest BCUT2D eigenvalue weighted by atomic mass is 16.5. The standard InChI is InChI=1S/C23H26N2O2/c1-27-14-11-17-5-4-13-25(16-17)23(26)19-7-2-6-18(15-19)20-8-3-9-22-21(20)10-12-24-22/h2-3,6-10,12,15,17,24H,4-5,11,13-14,16H2,1H3/t17-/m1/s1. The van der Waals surface area contributed by atoms with Crippen LogP contribution in [0.15, 0.2) is 54.7 Å². The van der Waals surface area contributed by atoms with Crippen LogP contribution < -0.4 is 0 Å². The molecule has 1 N–H and O–H groups in total. The first-order valence-electron chi connectivity index (χ1n) is 9.71. The summed E-state index contributed by atoms with van der Waals surface area (Å²) in [6.07, 6.45) is 5.23. The summed E-state index contributed by atoms with van der Waals surface area (Å²) < 4.78 is 5.21. The summed E-state index contributed by atoms with van der Waals surface area (Å²) in [7, 11) is 1.74. The van der Waals surface area contributed by atoms with Gasteiger partial charge in [0.1, 0.15) is 0 Å². The molecule has 27 heavy (non-hydrogen) atoms. The lowest BCUT2D eigenvalue weighted by Crippen LogP contribution is -2.40. The maximum atomic E-state index is 13.1. The number of nitrogens with zero attached hydrogens (tertiary/aromatic N) is 1. The van der Waals surface area contributed by atoms with E-state index in [1.807, 2.05) is 35.4 Å². The van der Waals surface area contributed by atoms with Crippen molar-refractivity contribution in [1.82, 2.24) is 9.88 Å². The smallest absolute Gasteiger partial charge is 0.253 e. The van der Waals surface area contributed by atoms with Gasteiger partial charge in [0.15, 0.2) is 0 Å². The maximum Gasteiger partial charge on any atom is 0.253 e. The highest BCUT2D eigenvalue weighted by Crippen LogP contribution is 2.29. The topological polar surface area (TPSA) is 45.3 Å². The Morgan fingerprint density at radius 3 is 3.00 bits per heavy atom. The lowest BCUT2D eigenvalue weighted by atomic mass is 9.94. The number of rotatable bonds is 5. The van der Waals surface area contributed by atoms with Gasteiger partial charge >= 0.3 is 0 Å². The van der Waals surface area contributed by atoms with Gasteiger partial charge in [-0.15, -0.1) is 0 Å². The summed E-state index contributed by atoms with van der Waals surface area (Å²) >= 11 is 0. The number of piperidine rings is 1. The number of H-pyrrole nitrogens is 1. The van der Waals surface area contributed by atoms with Crippen molar-refractivity contribution in [3.05, 3.63) is 60.3 Å². The molecule has 4 rings (SSSR count). The van der Waals surface area contributed by atoms with E-state index in [-0.39, 0.29) is 5.91 Å². The van der Waals surface area contributed by atoms with E-state index in [2.05, 4.69) is 29.2 Å². The van der Waals surface area contributed by atoms with Crippen molar-refractivity contribution in [2.45, 2.75) is 19.3 Å². The van der Waals surface area contributed by atoms with Crippen LogP contribution in [-0.4, -0.2) is 42.6 Å². The molecule has 1 atom stereocenters. The van der Waals surface area contributed by atoms with Gasteiger partial charge in [0.05, 0.1) is 0 Å². The molecule has 1 saturated heterocycles. The number of hydrogen-bond donors (Lipinski definition) is 1. The highest BCUT2D eigenvalue weighted by molar-refractivity contribution is 5.99. The van der Waals surface area contributed by atoms with Crippen LogP contribution in [0.3, 0.4) is 0 Å². The molecular formula is C23H26N2O2. The molecule has 0 saturated carbocycles. The van der Waals surface area contributed by atoms with E-state index >= 15 is 0 Å². The number of nitrogens with one attached hydrogen (secondary N) is 1. The Kier molecular flexibility index (Phi) is 5.26. The van der Waals surface area contributed by atoms with Gasteiger partial charge in [-0.2, -0.15) is 0 Å². The summed E-state index contributed by atoms with van der Waals surface area (Å²) in [5.74, 6) is 0.680. The molecule has 0 unspecified atom stereocenters. The Morgan fingerprint density at radius 1 is 1.22 bits per heavy atom. The molecule has 4 heteroatoms. The first-order chi connectivity index (χ1) is 13.3. The highest BCUT2D eigenvalue weighted by Gasteiger charge is 2.24. The fraction of sp³-hybridized carbons (Fsp3) is 0.348. The molecule has 0 bridgehead atoms. The van der Waals surface area contributed by atoms with Crippen LogP contribution in [0.2, 0.25) is 0 Å². The van der Waals surface area contributed by atoms with Crippen molar-refractivity contribution in [2.24, 2.45) is 5.92 Å². The predicted molar refractivity (Wildman–Crippen MR) is 109 cm³/mol. The first kappa shape index (κ1) is 17.8. The molecule has 2 aromatic carbocycles. The summed E-state index contributed by atoms with van der Waals surface area (Å²) in [5, 5.41) is 1.18. The normalized spacial score (nSPS) is 17.4. The van der Waals surface area contributed by atoms with Gasteiger partial charge in [-0.3, -0.25) is 4.79 Å². The second-order valence-electron chi connectivity index (χ2n) is 7.37. The third kappa shape index (κ3) is 3.76. The van der Waals surface area contributed by atoms with Gasteiger partial charge in [0.25, 0.3) is 5.91 Å². The quantitative estimate of drug-likeness (QED) is 0.713. The zero-order chi connectivity index (χ0) is 18.6. The second-order valence-corrected chi connectivity index (χ2v) is 7.37. The molecule has 0 spiro atoms. The Bertz CT molecular complexity index is 931. The van der Waals surface area contributed by atoms with E-state index in [4.69, 9.17) is 4.74 Å². The number of carbonyl (C=O) groups excluding carboxylic acids is 1. The minimum atomic E-state index is 0.139. The molecule has 140 valence electrons. The fourth-order valence-corrected chi connectivity index (χ4v) is 4.11. The molecule has 1 aromatic heterocycles. The Balaban J connectivity index is 1.57. The number of hydrogen-bond acceptors (Lipinski definition) is 2. The van der Waals surface area contributed by atoms with Gasteiger partial charge in [-0.25, -0.2) is 0 Å².